The Morgan fingerprint density at radius 1 is 0.806 bits per heavy atom. The zero-order valence-corrected chi connectivity index (χ0v) is 20.8. The molecule has 3 aromatic carbocycles. The molecule has 0 unspecified atom stereocenters. The van der Waals surface area contributed by atoms with Crippen molar-refractivity contribution in [1.29, 1.82) is 0 Å². The molecule has 0 amide bonds. The first-order valence-electron chi connectivity index (χ1n) is 12.9. The van der Waals surface area contributed by atoms with Crippen molar-refractivity contribution < 1.29 is 27.0 Å². The maximum Gasteiger partial charge on any atom is 0.416 e. The number of benzene rings is 3. The van der Waals surface area contributed by atoms with E-state index >= 15 is 4.39 Å². The van der Waals surface area contributed by atoms with Crippen LogP contribution >= 0.6 is 0 Å². The van der Waals surface area contributed by atoms with Crippen LogP contribution in [0, 0.1) is 11.7 Å². The van der Waals surface area contributed by atoms with E-state index in [0.29, 0.717) is 29.7 Å². The molecule has 0 bridgehead atoms. The van der Waals surface area contributed by atoms with Crippen molar-refractivity contribution in [3.8, 4) is 0 Å². The normalized spacial score (nSPS) is 18.6. The average Bonchev–Trinajstić information content (AvgIpc) is 2.88. The number of hydrogen-bond acceptors (Lipinski definition) is 2. The third-order valence-electron chi connectivity index (χ3n) is 6.98. The van der Waals surface area contributed by atoms with Gasteiger partial charge >= 0.3 is 6.18 Å². The Kier molecular flexibility index (Phi) is 9.02. The van der Waals surface area contributed by atoms with Gasteiger partial charge in [0.25, 0.3) is 0 Å². The molecule has 36 heavy (non-hydrogen) atoms. The summed E-state index contributed by atoms with van der Waals surface area (Å²) in [6, 6.07) is 14.5. The fraction of sp³-hybridized carbons (Fsp3) is 0.467. The summed E-state index contributed by atoms with van der Waals surface area (Å²) in [5.74, 6) is 0.226. The fourth-order valence-electron chi connectivity index (χ4n) is 4.76. The molecule has 0 aliphatic carbocycles. The molecule has 1 aliphatic rings. The second-order valence-electron chi connectivity index (χ2n) is 9.79. The monoisotopic (exact) mass is 502 g/mol. The number of unbranched alkanes of at least 4 members (excludes halogenated alkanes) is 2. The van der Waals surface area contributed by atoms with Crippen molar-refractivity contribution in [2.24, 2.45) is 5.92 Å². The summed E-state index contributed by atoms with van der Waals surface area (Å²) < 4.78 is 65.2. The number of hydrogen-bond donors (Lipinski definition) is 0. The first-order valence-corrected chi connectivity index (χ1v) is 12.9. The van der Waals surface area contributed by atoms with Crippen LogP contribution in [-0.2, 0) is 34.9 Å². The van der Waals surface area contributed by atoms with E-state index in [2.05, 4.69) is 6.92 Å². The first-order chi connectivity index (χ1) is 17.3. The maximum atomic E-state index is 15.2. The molecule has 4 rings (SSSR count). The molecule has 2 nitrogen and oxygen atoms in total. The van der Waals surface area contributed by atoms with Crippen molar-refractivity contribution in [3.05, 3.63) is 82.7 Å². The summed E-state index contributed by atoms with van der Waals surface area (Å²) in [6.45, 7) is 3.72. The lowest BCUT2D eigenvalue weighted by molar-refractivity contribution is -0.203. The van der Waals surface area contributed by atoms with Crippen LogP contribution < -0.4 is 0 Å². The van der Waals surface area contributed by atoms with Crippen molar-refractivity contribution in [2.75, 3.05) is 13.2 Å². The summed E-state index contributed by atoms with van der Waals surface area (Å²) in [4.78, 5) is 0. The van der Waals surface area contributed by atoms with Gasteiger partial charge in [-0.05, 0) is 59.9 Å². The van der Waals surface area contributed by atoms with Crippen LogP contribution in [0.4, 0.5) is 17.6 Å². The van der Waals surface area contributed by atoms with Gasteiger partial charge in [0, 0.05) is 17.7 Å². The van der Waals surface area contributed by atoms with E-state index in [1.165, 1.54) is 31.4 Å². The van der Waals surface area contributed by atoms with Crippen molar-refractivity contribution in [1.82, 2.24) is 0 Å². The topological polar surface area (TPSA) is 18.5 Å². The minimum atomic E-state index is -4.35. The van der Waals surface area contributed by atoms with E-state index in [-0.39, 0.29) is 12.1 Å². The molecule has 6 heteroatoms. The minimum Gasteiger partial charge on any atom is -0.352 e. The quantitative estimate of drug-likeness (QED) is 0.205. The molecule has 194 valence electrons. The largest absolute Gasteiger partial charge is 0.416 e. The standard InChI is InChI=1S/C30H34F4O2/c1-2-3-4-5-23-19-35-28(36-20-23)17-10-22-9-16-27-25(18-22)13-12-24(29(27)31)11-6-21-7-14-26(15-8-21)30(32,33)34/h7-9,12-16,18,23,28H,2-6,10-11,17,19-20H2,1H3. The summed E-state index contributed by atoms with van der Waals surface area (Å²) in [5.41, 5.74) is 1.74. The Bertz CT molecular complexity index is 1120. The third-order valence-corrected chi connectivity index (χ3v) is 6.98. The highest BCUT2D eigenvalue weighted by Gasteiger charge is 2.30. The lowest BCUT2D eigenvalue weighted by atomic mass is 9.97. The second kappa shape index (κ2) is 12.2. The highest BCUT2D eigenvalue weighted by Crippen LogP contribution is 2.30. The third kappa shape index (κ3) is 7.07. The average molecular weight is 503 g/mol. The van der Waals surface area contributed by atoms with Crippen molar-refractivity contribution >= 4 is 10.8 Å². The second-order valence-corrected chi connectivity index (χ2v) is 9.79. The van der Waals surface area contributed by atoms with Gasteiger partial charge in [0.05, 0.1) is 18.8 Å². The predicted molar refractivity (Wildman–Crippen MR) is 134 cm³/mol. The molecular weight excluding hydrogens is 468 g/mol. The van der Waals surface area contributed by atoms with E-state index in [9.17, 15) is 13.2 Å². The number of ether oxygens (including phenoxy) is 2. The number of halogens is 4. The minimum absolute atomic E-state index is 0.188. The molecule has 0 saturated carbocycles. The molecule has 1 heterocycles. The Morgan fingerprint density at radius 2 is 1.53 bits per heavy atom. The lowest BCUT2D eigenvalue weighted by Crippen LogP contribution is -2.32. The number of aryl methyl sites for hydroxylation is 3. The molecule has 0 spiro atoms. The molecule has 3 aromatic rings. The van der Waals surface area contributed by atoms with Gasteiger partial charge in [-0.2, -0.15) is 13.2 Å². The zero-order chi connectivity index (χ0) is 25.5. The molecule has 0 aromatic heterocycles. The molecule has 0 radical (unpaired) electrons. The van der Waals surface area contributed by atoms with E-state index in [1.54, 1.807) is 6.07 Å². The molecule has 0 N–H and O–H groups in total. The van der Waals surface area contributed by atoms with Crippen LogP contribution in [0.3, 0.4) is 0 Å². The van der Waals surface area contributed by atoms with Crippen LogP contribution in [0.15, 0.2) is 54.6 Å². The smallest absolute Gasteiger partial charge is 0.352 e. The Labute approximate surface area is 210 Å². The van der Waals surface area contributed by atoms with Gasteiger partial charge in [-0.25, -0.2) is 4.39 Å². The zero-order valence-electron chi connectivity index (χ0n) is 20.8. The number of fused-ring (bicyclic) bond motifs is 1. The predicted octanol–water partition coefficient (Wildman–Crippen LogP) is 8.28. The lowest BCUT2D eigenvalue weighted by Gasteiger charge is -2.29. The highest BCUT2D eigenvalue weighted by atomic mass is 19.4. The van der Waals surface area contributed by atoms with Crippen molar-refractivity contribution in [2.45, 2.75) is 70.8 Å². The van der Waals surface area contributed by atoms with E-state index < -0.39 is 11.7 Å². The molecule has 1 aliphatic heterocycles. The summed E-state index contributed by atoms with van der Waals surface area (Å²) in [6.07, 6.45) is 2.76. The first kappa shape index (κ1) is 26.6. The molecule has 1 saturated heterocycles. The van der Waals surface area contributed by atoms with Gasteiger partial charge in [0.1, 0.15) is 5.82 Å². The fourth-order valence-corrected chi connectivity index (χ4v) is 4.76. The Balaban J connectivity index is 1.30. The molecule has 1 fully saturated rings. The van der Waals surface area contributed by atoms with E-state index in [0.717, 1.165) is 61.1 Å². The number of alkyl halides is 3. The van der Waals surface area contributed by atoms with Gasteiger partial charge in [0.2, 0.25) is 0 Å². The summed E-state index contributed by atoms with van der Waals surface area (Å²) >= 11 is 0. The maximum absolute atomic E-state index is 15.2. The SMILES string of the molecule is CCCCCC1COC(CCc2ccc3c(F)c(CCc4ccc(C(F)(F)F)cc4)ccc3c2)OC1. The van der Waals surface area contributed by atoms with Crippen LogP contribution in [0.1, 0.15) is 61.3 Å². The molecular formula is C30H34F4O2. The van der Waals surface area contributed by atoms with Gasteiger partial charge in [-0.3, -0.25) is 0 Å². The van der Waals surface area contributed by atoms with Gasteiger partial charge in [-0.1, -0.05) is 68.7 Å². The Morgan fingerprint density at radius 3 is 2.22 bits per heavy atom. The molecule has 0 atom stereocenters. The van der Waals surface area contributed by atoms with Crippen molar-refractivity contribution in [3.63, 3.8) is 0 Å². The van der Waals surface area contributed by atoms with E-state index in [1.807, 2.05) is 24.3 Å². The van der Waals surface area contributed by atoms with Crippen LogP contribution in [-0.4, -0.2) is 19.5 Å². The number of rotatable bonds is 10. The van der Waals surface area contributed by atoms with E-state index in [4.69, 9.17) is 9.47 Å². The van der Waals surface area contributed by atoms with Crippen LogP contribution in [0.25, 0.3) is 10.8 Å². The van der Waals surface area contributed by atoms with Gasteiger partial charge < -0.3 is 9.47 Å². The highest BCUT2D eigenvalue weighted by molar-refractivity contribution is 5.84. The summed E-state index contributed by atoms with van der Waals surface area (Å²) in [5, 5.41) is 1.40. The van der Waals surface area contributed by atoms with Gasteiger partial charge in [-0.15, -0.1) is 0 Å². The van der Waals surface area contributed by atoms with Gasteiger partial charge in [0.15, 0.2) is 6.29 Å². The Hall–Kier alpha value is -2.44. The summed E-state index contributed by atoms with van der Waals surface area (Å²) in [7, 11) is 0. The van der Waals surface area contributed by atoms with Crippen LogP contribution in [0.5, 0.6) is 0 Å². The van der Waals surface area contributed by atoms with Crippen LogP contribution in [0.2, 0.25) is 0 Å².